The molecular weight excluding hydrogens is 214 g/mol. The quantitative estimate of drug-likeness (QED) is 0.614. The Hall–Kier alpha value is -2.42. The Bertz CT molecular complexity index is 659. The highest BCUT2D eigenvalue weighted by molar-refractivity contribution is 6.30. The Kier molecular flexibility index (Phi) is 1.89. The van der Waals surface area contributed by atoms with E-state index in [1.807, 2.05) is 0 Å². The van der Waals surface area contributed by atoms with Crippen molar-refractivity contribution in [3.63, 3.8) is 0 Å². The van der Waals surface area contributed by atoms with Crippen molar-refractivity contribution in [3.8, 4) is 5.75 Å². The average molecular weight is 223 g/mol. The molecule has 0 amide bonds. The summed E-state index contributed by atoms with van der Waals surface area (Å²) in [5, 5.41) is 17.8. The van der Waals surface area contributed by atoms with Gasteiger partial charge >= 0.3 is 0 Å². The van der Waals surface area contributed by atoms with E-state index >= 15 is 0 Å². The number of carbonyl (C=O) groups is 1. The molecule has 82 valence electrons. The molecule has 3 nitrogen and oxygen atoms in total. The molecule has 0 bridgehead atoms. The molecule has 2 aromatic carbocycles. The van der Waals surface area contributed by atoms with Gasteiger partial charge in [-0.05, 0) is 6.07 Å². The second-order valence-electron chi connectivity index (χ2n) is 3.95. The number of nitrogens with one attached hydrogen (secondary N) is 1. The monoisotopic (exact) mass is 223 g/mol. The van der Waals surface area contributed by atoms with Gasteiger partial charge in [0, 0.05) is 16.7 Å². The minimum absolute atomic E-state index is 0.0182. The molecule has 0 aromatic heterocycles. The number of carbonyl (C=O) groups excluding carboxylic acids is 1. The third-order valence-electron chi connectivity index (χ3n) is 2.98. The third kappa shape index (κ3) is 1.22. The van der Waals surface area contributed by atoms with Gasteiger partial charge in [0.25, 0.3) is 0 Å². The molecule has 3 heteroatoms. The number of hydrogen-bond acceptors (Lipinski definition) is 3. The molecule has 0 aliphatic heterocycles. The van der Waals surface area contributed by atoms with Crippen LogP contribution in [0.15, 0.2) is 42.5 Å². The summed E-state index contributed by atoms with van der Waals surface area (Å²) >= 11 is 0. The summed E-state index contributed by atoms with van der Waals surface area (Å²) in [6.45, 7) is 0. The first-order chi connectivity index (χ1) is 8.20. The fraction of sp³-hybridized carbons (Fsp3) is 0. The van der Waals surface area contributed by atoms with Gasteiger partial charge in [0.05, 0.1) is 11.3 Å². The standard InChI is InChI=1S/C14H9NO2/c15-13-8-4-1-2-5-9(8)14(17)10-6-3-7-11(16)12(10)13/h1-7,15-16H. The minimum Gasteiger partial charge on any atom is -0.507 e. The van der Waals surface area contributed by atoms with E-state index in [9.17, 15) is 9.90 Å². The molecule has 1 aliphatic rings. The highest BCUT2D eigenvalue weighted by Gasteiger charge is 2.28. The number of phenols is 1. The zero-order valence-corrected chi connectivity index (χ0v) is 8.90. The maximum Gasteiger partial charge on any atom is 0.194 e. The van der Waals surface area contributed by atoms with E-state index in [-0.39, 0.29) is 17.2 Å². The van der Waals surface area contributed by atoms with Gasteiger partial charge < -0.3 is 5.11 Å². The van der Waals surface area contributed by atoms with Gasteiger partial charge in [0.15, 0.2) is 5.78 Å². The maximum atomic E-state index is 12.2. The van der Waals surface area contributed by atoms with Crippen LogP contribution >= 0.6 is 0 Å². The van der Waals surface area contributed by atoms with Crippen molar-refractivity contribution in [3.05, 3.63) is 64.7 Å². The van der Waals surface area contributed by atoms with E-state index in [0.29, 0.717) is 22.3 Å². The Morgan fingerprint density at radius 1 is 0.882 bits per heavy atom. The normalized spacial score (nSPS) is 13.2. The second-order valence-corrected chi connectivity index (χ2v) is 3.95. The van der Waals surface area contributed by atoms with Crippen molar-refractivity contribution < 1.29 is 9.90 Å². The molecule has 0 saturated heterocycles. The van der Waals surface area contributed by atoms with E-state index in [2.05, 4.69) is 0 Å². The molecule has 1 aliphatic carbocycles. The van der Waals surface area contributed by atoms with Crippen molar-refractivity contribution in [2.45, 2.75) is 0 Å². The van der Waals surface area contributed by atoms with Crippen LogP contribution in [0.3, 0.4) is 0 Å². The Morgan fingerprint density at radius 2 is 1.53 bits per heavy atom. The molecule has 17 heavy (non-hydrogen) atoms. The third-order valence-corrected chi connectivity index (χ3v) is 2.98. The summed E-state index contributed by atoms with van der Waals surface area (Å²) in [7, 11) is 0. The molecule has 0 spiro atoms. The first-order valence-corrected chi connectivity index (χ1v) is 5.25. The van der Waals surface area contributed by atoms with Gasteiger partial charge in [-0.2, -0.15) is 0 Å². The van der Waals surface area contributed by atoms with E-state index in [4.69, 9.17) is 5.41 Å². The number of rotatable bonds is 0. The fourth-order valence-electron chi connectivity index (χ4n) is 2.17. The molecule has 0 saturated carbocycles. The summed E-state index contributed by atoms with van der Waals surface area (Å²) in [5.41, 5.74) is 2.03. The number of benzene rings is 2. The van der Waals surface area contributed by atoms with Crippen molar-refractivity contribution in [1.82, 2.24) is 0 Å². The van der Waals surface area contributed by atoms with E-state index < -0.39 is 0 Å². The van der Waals surface area contributed by atoms with Crippen molar-refractivity contribution in [1.29, 1.82) is 5.41 Å². The Labute approximate surface area is 97.9 Å². The first kappa shape index (κ1) is 9.78. The molecule has 3 rings (SSSR count). The molecule has 2 aromatic rings. The van der Waals surface area contributed by atoms with Crippen molar-refractivity contribution in [2.24, 2.45) is 0 Å². The number of phenolic OH excluding ortho intramolecular Hbond substituents is 1. The minimum atomic E-state index is -0.137. The summed E-state index contributed by atoms with van der Waals surface area (Å²) in [4.78, 5) is 12.2. The van der Waals surface area contributed by atoms with Gasteiger partial charge in [-0.1, -0.05) is 36.4 Å². The van der Waals surface area contributed by atoms with Crippen LogP contribution in [0.4, 0.5) is 0 Å². The van der Waals surface area contributed by atoms with E-state index in [0.717, 1.165) is 0 Å². The highest BCUT2D eigenvalue weighted by Crippen LogP contribution is 2.32. The molecule has 2 N–H and O–H groups in total. The van der Waals surface area contributed by atoms with Gasteiger partial charge in [0.1, 0.15) is 5.75 Å². The number of hydrogen-bond donors (Lipinski definition) is 2. The lowest BCUT2D eigenvalue weighted by molar-refractivity contribution is 0.103. The molecule has 0 fully saturated rings. The van der Waals surface area contributed by atoms with Crippen LogP contribution in [0.25, 0.3) is 0 Å². The molecular formula is C14H9NO2. The molecule has 0 radical (unpaired) electrons. The second kappa shape index (κ2) is 3.28. The molecule has 0 heterocycles. The number of aromatic hydroxyl groups is 1. The Morgan fingerprint density at radius 3 is 2.29 bits per heavy atom. The lowest BCUT2D eigenvalue weighted by Gasteiger charge is -2.19. The molecule has 0 atom stereocenters. The van der Waals surface area contributed by atoms with Crippen LogP contribution in [0, 0.1) is 5.41 Å². The van der Waals surface area contributed by atoms with Crippen LogP contribution in [0.1, 0.15) is 27.0 Å². The summed E-state index contributed by atoms with van der Waals surface area (Å²) in [5.74, 6) is -0.155. The van der Waals surface area contributed by atoms with Gasteiger partial charge in [-0.3, -0.25) is 10.2 Å². The van der Waals surface area contributed by atoms with Gasteiger partial charge in [-0.15, -0.1) is 0 Å². The smallest absolute Gasteiger partial charge is 0.194 e. The predicted molar refractivity (Wildman–Crippen MR) is 63.9 cm³/mol. The number of ketones is 1. The lowest BCUT2D eigenvalue weighted by atomic mass is 9.83. The number of fused-ring (bicyclic) bond motifs is 2. The van der Waals surface area contributed by atoms with Crippen LogP contribution in [-0.2, 0) is 0 Å². The largest absolute Gasteiger partial charge is 0.507 e. The van der Waals surface area contributed by atoms with Crippen LogP contribution in [0.2, 0.25) is 0 Å². The zero-order chi connectivity index (χ0) is 12.0. The fourth-order valence-corrected chi connectivity index (χ4v) is 2.17. The summed E-state index contributed by atoms with van der Waals surface area (Å²) < 4.78 is 0. The molecule has 0 unspecified atom stereocenters. The van der Waals surface area contributed by atoms with E-state index in [1.54, 1.807) is 36.4 Å². The van der Waals surface area contributed by atoms with E-state index in [1.165, 1.54) is 6.07 Å². The van der Waals surface area contributed by atoms with Crippen molar-refractivity contribution >= 4 is 11.5 Å². The first-order valence-electron chi connectivity index (χ1n) is 5.25. The predicted octanol–water partition coefficient (Wildman–Crippen LogP) is 2.35. The van der Waals surface area contributed by atoms with Crippen molar-refractivity contribution in [2.75, 3.05) is 0 Å². The topological polar surface area (TPSA) is 61.2 Å². The maximum absolute atomic E-state index is 12.2. The summed E-state index contributed by atoms with van der Waals surface area (Å²) in [6.07, 6.45) is 0. The SMILES string of the molecule is N=C1c2ccccc2C(=O)c2cccc(O)c21. The zero-order valence-electron chi connectivity index (χ0n) is 8.90. The lowest BCUT2D eigenvalue weighted by Crippen LogP contribution is -2.20. The average Bonchev–Trinajstić information content (AvgIpc) is 2.36. The van der Waals surface area contributed by atoms with Crippen LogP contribution in [-0.4, -0.2) is 16.6 Å². The summed E-state index contributed by atoms with van der Waals surface area (Å²) in [6, 6.07) is 11.7. The highest BCUT2D eigenvalue weighted by atomic mass is 16.3. The van der Waals surface area contributed by atoms with Crippen LogP contribution in [0.5, 0.6) is 5.75 Å². The van der Waals surface area contributed by atoms with Crippen LogP contribution < -0.4 is 0 Å². The Balaban J connectivity index is 2.37. The van der Waals surface area contributed by atoms with Gasteiger partial charge in [-0.25, -0.2) is 0 Å². The van der Waals surface area contributed by atoms with Gasteiger partial charge in [0.2, 0.25) is 0 Å².